The summed E-state index contributed by atoms with van der Waals surface area (Å²) in [6.45, 7) is 3.69. The predicted octanol–water partition coefficient (Wildman–Crippen LogP) is 5.18. The van der Waals surface area contributed by atoms with Crippen molar-refractivity contribution in [3.8, 4) is 23.3 Å². The lowest BCUT2D eigenvalue weighted by atomic mass is 10.1. The van der Waals surface area contributed by atoms with E-state index in [0.717, 1.165) is 22.7 Å². The number of benzene rings is 2. The molecule has 3 rings (SSSR count). The van der Waals surface area contributed by atoms with E-state index in [1.807, 2.05) is 42.5 Å². The third-order valence-electron chi connectivity index (χ3n) is 3.18. The van der Waals surface area contributed by atoms with Crippen molar-refractivity contribution in [1.29, 1.82) is 0 Å². The van der Waals surface area contributed by atoms with Crippen LogP contribution in [0.5, 0.6) is 11.5 Å². The van der Waals surface area contributed by atoms with Crippen LogP contribution in [-0.2, 0) is 0 Å². The highest BCUT2D eigenvalue weighted by molar-refractivity contribution is 6.30. The van der Waals surface area contributed by atoms with E-state index >= 15 is 0 Å². The van der Waals surface area contributed by atoms with Gasteiger partial charge in [-0.1, -0.05) is 47.7 Å². The van der Waals surface area contributed by atoms with Crippen LogP contribution in [0, 0.1) is 11.8 Å². The van der Waals surface area contributed by atoms with Crippen molar-refractivity contribution < 1.29 is 4.74 Å². The molecule has 3 heteroatoms. The second kappa shape index (κ2) is 5.95. The van der Waals surface area contributed by atoms with Crippen molar-refractivity contribution in [3.63, 3.8) is 0 Å². The van der Waals surface area contributed by atoms with Crippen LogP contribution >= 0.6 is 11.6 Å². The minimum Gasteiger partial charge on any atom is -0.455 e. The molecule has 2 aromatic rings. The minimum absolute atomic E-state index is 0.138. The molecule has 0 spiro atoms. The lowest BCUT2D eigenvalue weighted by Crippen LogP contribution is -2.07. The zero-order valence-electron chi connectivity index (χ0n) is 11.4. The fourth-order valence-electron chi connectivity index (χ4n) is 2.21. The largest absolute Gasteiger partial charge is 0.455 e. The summed E-state index contributed by atoms with van der Waals surface area (Å²) in [6, 6.07) is 13.3. The topological polar surface area (TPSA) is 21.3 Å². The molecule has 0 amide bonds. The van der Waals surface area contributed by atoms with Gasteiger partial charge in [-0.25, -0.2) is 0 Å². The number of anilines is 1. The Balaban J connectivity index is 2.07. The average molecular weight is 296 g/mol. The van der Waals surface area contributed by atoms with Gasteiger partial charge in [-0.15, -0.1) is 6.58 Å². The van der Waals surface area contributed by atoms with Crippen LogP contribution in [0.3, 0.4) is 0 Å². The van der Waals surface area contributed by atoms with Crippen molar-refractivity contribution in [2.75, 3.05) is 5.32 Å². The Morgan fingerprint density at radius 2 is 2.10 bits per heavy atom. The van der Waals surface area contributed by atoms with E-state index in [1.54, 1.807) is 6.08 Å². The van der Waals surface area contributed by atoms with E-state index in [-0.39, 0.29) is 6.04 Å². The summed E-state index contributed by atoms with van der Waals surface area (Å²) in [5, 5.41) is 4.06. The fraction of sp³-hybridized carbons (Fsp3) is 0.111. The summed E-state index contributed by atoms with van der Waals surface area (Å²) >= 11 is 6.07. The van der Waals surface area contributed by atoms with Gasteiger partial charge < -0.3 is 10.1 Å². The van der Waals surface area contributed by atoms with Crippen molar-refractivity contribution >= 4 is 17.3 Å². The van der Waals surface area contributed by atoms with Gasteiger partial charge in [0, 0.05) is 17.0 Å². The van der Waals surface area contributed by atoms with E-state index in [1.165, 1.54) is 0 Å². The summed E-state index contributed by atoms with van der Waals surface area (Å²) in [5.41, 5.74) is 1.86. The molecule has 1 heterocycles. The number of allylic oxidation sites excluding steroid dienone is 1. The van der Waals surface area contributed by atoms with E-state index in [2.05, 4.69) is 23.7 Å². The summed E-state index contributed by atoms with van der Waals surface area (Å²) < 4.78 is 5.98. The molecule has 0 radical (unpaired) electrons. The Labute approximate surface area is 129 Å². The number of halogens is 1. The molecule has 104 valence electrons. The van der Waals surface area contributed by atoms with Gasteiger partial charge in [-0.2, -0.15) is 0 Å². The van der Waals surface area contributed by atoms with Crippen molar-refractivity contribution in [3.05, 3.63) is 65.7 Å². The van der Waals surface area contributed by atoms with Crippen LogP contribution in [0.25, 0.3) is 0 Å². The Bertz CT molecular complexity index is 742. The summed E-state index contributed by atoms with van der Waals surface area (Å²) in [5.74, 6) is 7.88. The first-order valence-corrected chi connectivity index (χ1v) is 7.08. The molecule has 0 fully saturated rings. The maximum Gasteiger partial charge on any atom is 0.150 e. The first kappa shape index (κ1) is 13.6. The molecule has 1 aliphatic heterocycles. The molecule has 0 saturated carbocycles. The molecule has 0 saturated heterocycles. The first-order chi connectivity index (χ1) is 10.3. The third-order valence-corrected chi connectivity index (χ3v) is 3.42. The van der Waals surface area contributed by atoms with E-state index < -0.39 is 0 Å². The highest BCUT2D eigenvalue weighted by Crippen LogP contribution is 2.40. The number of hydrogen-bond donors (Lipinski definition) is 1. The van der Waals surface area contributed by atoms with Crippen molar-refractivity contribution in [2.24, 2.45) is 0 Å². The second-order valence-electron chi connectivity index (χ2n) is 4.67. The van der Waals surface area contributed by atoms with Crippen LogP contribution in [0.4, 0.5) is 5.69 Å². The van der Waals surface area contributed by atoms with Gasteiger partial charge in [0.2, 0.25) is 0 Å². The normalized spacial score (nSPS) is 15.2. The molecular formula is C18H14ClNO. The second-order valence-corrected chi connectivity index (χ2v) is 5.11. The molecule has 1 aliphatic rings. The maximum atomic E-state index is 6.07. The summed E-state index contributed by atoms with van der Waals surface area (Å²) in [6.07, 6.45) is 2.44. The lowest BCUT2D eigenvalue weighted by molar-refractivity contribution is 0.483. The fourth-order valence-corrected chi connectivity index (χ4v) is 2.39. The SMILES string of the molecule is C=CCC#C[C@H]1Nc2cc(Cl)ccc2Oc2ccccc21. The molecule has 0 unspecified atom stereocenters. The van der Waals surface area contributed by atoms with Crippen molar-refractivity contribution in [1.82, 2.24) is 0 Å². The standard InChI is InChI=1S/C18H14ClNO/c1-2-3-4-8-15-14-7-5-6-9-17(14)21-18-11-10-13(19)12-16(18)20-15/h2,5-7,9-12,15,20H,1,3H2/t15-/m1/s1. The third kappa shape index (κ3) is 2.89. The molecule has 0 aliphatic carbocycles. The highest BCUT2D eigenvalue weighted by Gasteiger charge is 2.21. The van der Waals surface area contributed by atoms with Crippen LogP contribution in [0.2, 0.25) is 5.02 Å². The number of nitrogens with one attached hydrogen (secondary N) is 1. The van der Waals surface area contributed by atoms with Gasteiger partial charge >= 0.3 is 0 Å². The molecule has 21 heavy (non-hydrogen) atoms. The molecule has 1 atom stereocenters. The van der Waals surface area contributed by atoms with Gasteiger partial charge in [0.15, 0.2) is 5.75 Å². The van der Waals surface area contributed by atoms with Crippen LogP contribution < -0.4 is 10.1 Å². The number of para-hydroxylation sites is 1. The predicted molar refractivity (Wildman–Crippen MR) is 86.9 cm³/mol. The first-order valence-electron chi connectivity index (χ1n) is 6.70. The number of ether oxygens (including phenoxy) is 1. The molecule has 2 aromatic carbocycles. The van der Waals surface area contributed by atoms with E-state index in [0.29, 0.717) is 11.4 Å². The van der Waals surface area contributed by atoms with Crippen LogP contribution in [0.1, 0.15) is 18.0 Å². The Kier molecular flexibility index (Phi) is 3.85. The smallest absolute Gasteiger partial charge is 0.150 e. The zero-order chi connectivity index (χ0) is 14.7. The molecule has 1 N–H and O–H groups in total. The van der Waals surface area contributed by atoms with Gasteiger partial charge in [0.25, 0.3) is 0 Å². The Hall–Kier alpha value is -2.37. The van der Waals surface area contributed by atoms with Crippen LogP contribution in [0.15, 0.2) is 55.1 Å². The van der Waals surface area contributed by atoms with Gasteiger partial charge in [0.1, 0.15) is 11.8 Å². The minimum atomic E-state index is -0.138. The highest BCUT2D eigenvalue weighted by atomic mass is 35.5. The number of fused-ring (bicyclic) bond motifs is 2. The van der Waals surface area contributed by atoms with Gasteiger partial charge in [-0.3, -0.25) is 0 Å². The van der Waals surface area contributed by atoms with Gasteiger partial charge in [0.05, 0.1) is 5.69 Å². The lowest BCUT2D eigenvalue weighted by Gasteiger charge is -2.12. The molecular weight excluding hydrogens is 282 g/mol. The quantitative estimate of drug-likeness (QED) is 0.578. The zero-order valence-corrected chi connectivity index (χ0v) is 12.2. The number of hydrogen-bond acceptors (Lipinski definition) is 2. The summed E-state index contributed by atoms with van der Waals surface area (Å²) in [4.78, 5) is 0. The van der Waals surface area contributed by atoms with E-state index in [4.69, 9.17) is 16.3 Å². The maximum absolute atomic E-state index is 6.07. The molecule has 2 nitrogen and oxygen atoms in total. The average Bonchev–Trinajstić information content (AvgIpc) is 2.64. The van der Waals surface area contributed by atoms with Gasteiger partial charge in [-0.05, 0) is 24.3 Å². The Morgan fingerprint density at radius 1 is 1.24 bits per heavy atom. The van der Waals surface area contributed by atoms with Crippen molar-refractivity contribution in [2.45, 2.75) is 12.5 Å². The number of rotatable bonds is 1. The van der Waals surface area contributed by atoms with Crippen LogP contribution in [-0.4, -0.2) is 0 Å². The summed E-state index contributed by atoms with van der Waals surface area (Å²) in [7, 11) is 0. The molecule has 0 bridgehead atoms. The Morgan fingerprint density at radius 3 is 2.95 bits per heavy atom. The monoisotopic (exact) mass is 295 g/mol. The molecule has 0 aromatic heterocycles. The van der Waals surface area contributed by atoms with E-state index in [9.17, 15) is 0 Å².